The van der Waals surface area contributed by atoms with E-state index in [2.05, 4.69) is 26.7 Å². The summed E-state index contributed by atoms with van der Waals surface area (Å²) in [5, 5.41) is 3.86. The molecule has 2 N–H and O–H groups in total. The smallest absolute Gasteiger partial charge is 0.311 e. The van der Waals surface area contributed by atoms with Crippen molar-refractivity contribution in [1.29, 1.82) is 0 Å². The molecule has 0 saturated carbocycles. The molecule has 9 heteroatoms. The number of nitrogens with one attached hydrogen (secondary N) is 2. The van der Waals surface area contributed by atoms with Crippen molar-refractivity contribution >= 4 is 39.6 Å². The molecule has 1 aliphatic rings. The van der Waals surface area contributed by atoms with Crippen LogP contribution in [0.4, 0.5) is 0 Å². The number of amides is 3. The van der Waals surface area contributed by atoms with E-state index in [4.69, 9.17) is 4.74 Å². The van der Waals surface area contributed by atoms with Gasteiger partial charge in [0.15, 0.2) is 6.61 Å². The van der Waals surface area contributed by atoms with E-state index >= 15 is 0 Å². The first kappa shape index (κ1) is 22.5. The molecule has 0 aromatic heterocycles. The van der Waals surface area contributed by atoms with Crippen LogP contribution in [0.15, 0.2) is 59.1 Å². The minimum absolute atomic E-state index is 0.0119. The lowest BCUT2D eigenvalue weighted by atomic mass is 10.1. The molecule has 1 heterocycles. The fourth-order valence-corrected chi connectivity index (χ4v) is 3.39. The van der Waals surface area contributed by atoms with Gasteiger partial charge in [-0.1, -0.05) is 46.3 Å². The largest absolute Gasteiger partial charge is 0.455 e. The summed E-state index contributed by atoms with van der Waals surface area (Å²) in [4.78, 5) is 48.8. The van der Waals surface area contributed by atoms with Gasteiger partial charge in [-0.15, -0.1) is 0 Å². The van der Waals surface area contributed by atoms with E-state index in [1.165, 1.54) is 0 Å². The van der Waals surface area contributed by atoms with Crippen LogP contribution in [0.25, 0.3) is 0 Å². The quantitative estimate of drug-likeness (QED) is 0.583. The molecule has 3 amide bonds. The fourth-order valence-electron chi connectivity index (χ4n) is 3.12. The molecule has 0 spiro atoms. The first-order valence-electron chi connectivity index (χ1n) is 9.71. The maximum absolute atomic E-state index is 12.3. The second-order valence-corrected chi connectivity index (χ2v) is 8.08. The van der Waals surface area contributed by atoms with Gasteiger partial charge in [-0.3, -0.25) is 29.6 Å². The summed E-state index contributed by atoms with van der Waals surface area (Å²) in [6.45, 7) is 1.38. The Morgan fingerprint density at radius 2 is 1.81 bits per heavy atom. The van der Waals surface area contributed by atoms with Gasteiger partial charge in [0.1, 0.15) is 0 Å². The number of carbonyl (C=O) groups excluding carboxylic acids is 4. The molecule has 162 valence electrons. The molecule has 0 radical (unpaired) electrons. The SMILES string of the molecule is C[C@@H](NC(=O)COC(=O)[C@@H]1CC(=O)N(NC(=O)c2ccc(Br)cc2)C1)c1ccccc1. The second-order valence-electron chi connectivity index (χ2n) is 7.16. The summed E-state index contributed by atoms with van der Waals surface area (Å²) < 4.78 is 5.90. The molecule has 1 saturated heterocycles. The number of esters is 1. The van der Waals surface area contributed by atoms with Crippen LogP contribution in [-0.4, -0.2) is 41.9 Å². The van der Waals surface area contributed by atoms with Crippen molar-refractivity contribution in [1.82, 2.24) is 15.8 Å². The van der Waals surface area contributed by atoms with Crippen molar-refractivity contribution in [2.75, 3.05) is 13.2 Å². The van der Waals surface area contributed by atoms with Crippen molar-refractivity contribution in [3.63, 3.8) is 0 Å². The molecule has 0 bridgehead atoms. The fraction of sp³-hybridized carbons (Fsp3) is 0.273. The maximum Gasteiger partial charge on any atom is 0.311 e. The molecule has 0 unspecified atom stereocenters. The number of hydrogen-bond acceptors (Lipinski definition) is 5. The number of hydrogen-bond donors (Lipinski definition) is 2. The van der Waals surface area contributed by atoms with Crippen LogP contribution < -0.4 is 10.7 Å². The van der Waals surface area contributed by atoms with Gasteiger partial charge in [-0.05, 0) is 36.8 Å². The Hall–Kier alpha value is -3.20. The molecule has 31 heavy (non-hydrogen) atoms. The molecule has 2 aromatic carbocycles. The van der Waals surface area contributed by atoms with Crippen LogP contribution in [0.3, 0.4) is 0 Å². The third-order valence-corrected chi connectivity index (χ3v) is 5.35. The van der Waals surface area contributed by atoms with Gasteiger partial charge >= 0.3 is 5.97 Å². The van der Waals surface area contributed by atoms with E-state index in [9.17, 15) is 19.2 Å². The van der Waals surface area contributed by atoms with Gasteiger partial charge in [0.2, 0.25) is 5.91 Å². The second kappa shape index (κ2) is 10.2. The third kappa shape index (κ3) is 6.14. The van der Waals surface area contributed by atoms with Crippen LogP contribution in [0.2, 0.25) is 0 Å². The molecule has 3 rings (SSSR count). The minimum Gasteiger partial charge on any atom is -0.455 e. The lowest BCUT2D eigenvalue weighted by Gasteiger charge is -2.18. The Morgan fingerprint density at radius 1 is 1.13 bits per heavy atom. The van der Waals surface area contributed by atoms with Gasteiger partial charge in [-0.2, -0.15) is 0 Å². The average Bonchev–Trinajstić information content (AvgIpc) is 3.13. The molecule has 2 atom stereocenters. The maximum atomic E-state index is 12.3. The zero-order valence-electron chi connectivity index (χ0n) is 16.8. The Kier molecular flexibility index (Phi) is 7.41. The van der Waals surface area contributed by atoms with Gasteiger partial charge in [-0.25, -0.2) is 0 Å². The first-order chi connectivity index (χ1) is 14.8. The van der Waals surface area contributed by atoms with Crippen molar-refractivity contribution < 1.29 is 23.9 Å². The topological polar surface area (TPSA) is 105 Å². The predicted molar refractivity (Wildman–Crippen MR) is 115 cm³/mol. The summed E-state index contributed by atoms with van der Waals surface area (Å²) in [6.07, 6.45) is -0.0957. The number of carbonyl (C=O) groups is 4. The number of ether oxygens (including phenoxy) is 1. The molecule has 2 aromatic rings. The van der Waals surface area contributed by atoms with Crippen LogP contribution >= 0.6 is 15.9 Å². The van der Waals surface area contributed by atoms with E-state index in [0.29, 0.717) is 5.56 Å². The van der Waals surface area contributed by atoms with Crippen LogP contribution in [0.5, 0.6) is 0 Å². The number of nitrogens with zero attached hydrogens (tertiary/aromatic N) is 1. The average molecular weight is 488 g/mol. The Bertz CT molecular complexity index is 965. The minimum atomic E-state index is -0.753. The number of rotatable bonds is 7. The van der Waals surface area contributed by atoms with Crippen LogP contribution in [-0.2, 0) is 19.1 Å². The van der Waals surface area contributed by atoms with E-state index in [-0.39, 0.29) is 19.0 Å². The zero-order valence-corrected chi connectivity index (χ0v) is 18.4. The standard InChI is InChI=1S/C22H22BrN3O5/c1-14(15-5-3-2-4-6-15)24-19(27)13-31-22(30)17-11-20(28)26(12-17)25-21(29)16-7-9-18(23)10-8-16/h2-10,14,17H,11-13H2,1H3,(H,24,27)(H,25,29)/t14-,17-/m1/s1. The molecule has 1 fully saturated rings. The Morgan fingerprint density at radius 3 is 2.48 bits per heavy atom. The molecular weight excluding hydrogens is 466 g/mol. The van der Waals surface area contributed by atoms with Crippen molar-refractivity contribution in [2.24, 2.45) is 5.92 Å². The normalized spacial score (nSPS) is 16.5. The van der Waals surface area contributed by atoms with Gasteiger partial charge in [0, 0.05) is 16.5 Å². The van der Waals surface area contributed by atoms with Crippen LogP contribution in [0, 0.1) is 5.92 Å². The Labute approximate surface area is 188 Å². The highest BCUT2D eigenvalue weighted by Gasteiger charge is 2.36. The first-order valence-corrected chi connectivity index (χ1v) is 10.5. The molecule has 1 aliphatic heterocycles. The van der Waals surface area contributed by atoms with E-state index < -0.39 is 36.2 Å². The van der Waals surface area contributed by atoms with Crippen LogP contribution in [0.1, 0.15) is 35.3 Å². The summed E-state index contributed by atoms with van der Waals surface area (Å²) in [6, 6.07) is 15.8. The van der Waals surface area contributed by atoms with E-state index in [0.717, 1.165) is 15.0 Å². The molecule has 0 aliphatic carbocycles. The van der Waals surface area contributed by atoms with Gasteiger partial charge in [0.25, 0.3) is 11.8 Å². The predicted octanol–water partition coefficient (Wildman–Crippen LogP) is 2.36. The van der Waals surface area contributed by atoms with E-state index in [1.54, 1.807) is 24.3 Å². The lowest BCUT2D eigenvalue weighted by molar-refractivity contribution is -0.152. The zero-order chi connectivity index (χ0) is 22.4. The lowest BCUT2D eigenvalue weighted by Crippen LogP contribution is -2.43. The monoisotopic (exact) mass is 487 g/mol. The highest BCUT2D eigenvalue weighted by Crippen LogP contribution is 2.18. The summed E-state index contributed by atoms with van der Waals surface area (Å²) in [5.74, 6) is -2.69. The van der Waals surface area contributed by atoms with Crippen molar-refractivity contribution in [3.05, 3.63) is 70.2 Å². The summed E-state index contributed by atoms with van der Waals surface area (Å²) in [5.41, 5.74) is 3.81. The summed E-state index contributed by atoms with van der Waals surface area (Å²) in [7, 11) is 0. The number of benzene rings is 2. The van der Waals surface area contributed by atoms with Crippen molar-refractivity contribution in [3.8, 4) is 0 Å². The third-order valence-electron chi connectivity index (χ3n) is 4.82. The summed E-state index contributed by atoms with van der Waals surface area (Å²) >= 11 is 3.29. The van der Waals surface area contributed by atoms with Gasteiger partial charge in [0.05, 0.1) is 18.5 Å². The van der Waals surface area contributed by atoms with Crippen molar-refractivity contribution in [2.45, 2.75) is 19.4 Å². The highest BCUT2D eigenvalue weighted by atomic mass is 79.9. The highest BCUT2D eigenvalue weighted by molar-refractivity contribution is 9.10. The van der Waals surface area contributed by atoms with E-state index in [1.807, 2.05) is 37.3 Å². The van der Waals surface area contributed by atoms with Gasteiger partial charge < -0.3 is 10.1 Å². The Balaban J connectivity index is 1.45. The molecular formula is C22H22BrN3O5. The number of hydrazine groups is 1. The number of halogens is 1. The molecule has 8 nitrogen and oxygen atoms in total.